The third kappa shape index (κ3) is 8.32. The van der Waals surface area contributed by atoms with Gasteiger partial charge in [0.2, 0.25) is 21.8 Å². The molecule has 7 nitrogen and oxygen atoms in total. The summed E-state index contributed by atoms with van der Waals surface area (Å²) < 4.78 is 26.8. The Balaban J connectivity index is 2.39. The minimum Gasteiger partial charge on any atom is -0.350 e. The number of rotatable bonds is 8. The molecule has 0 aliphatic carbocycles. The quantitative estimate of drug-likeness (QED) is 0.526. The summed E-state index contributed by atoms with van der Waals surface area (Å²) in [5, 5.41) is 3.38. The van der Waals surface area contributed by atoms with Crippen molar-refractivity contribution < 1.29 is 18.0 Å². The maximum absolute atomic E-state index is 13.4. The predicted molar refractivity (Wildman–Crippen MR) is 136 cm³/mol. The van der Waals surface area contributed by atoms with E-state index in [0.717, 1.165) is 20.6 Å². The largest absolute Gasteiger partial charge is 0.350 e. The number of amides is 2. The Morgan fingerprint density at radius 3 is 2.24 bits per heavy atom. The summed E-state index contributed by atoms with van der Waals surface area (Å²) in [5.74, 6) is -0.854. The topological polar surface area (TPSA) is 86.8 Å². The van der Waals surface area contributed by atoms with Crippen LogP contribution in [0.25, 0.3) is 0 Å². The highest BCUT2D eigenvalue weighted by Gasteiger charge is 2.31. The number of nitrogens with one attached hydrogen (secondary N) is 1. The van der Waals surface area contributed by atoms with E-state index >= 15 is 0 Å². The van der Waals surface area contributed by atoms with Gasteiger partial charge in [-0.1, -0.05) is 39.7 Å². The molecule has 2 aromatic rings. The van der Waals surface area contributed by atoms with Crippen molar-refractivity contribution in [3.05, 3.63) is 63.6 Å². The molecular weight excluding hydrogens is 530 g/mol. The Morgan fingerprint density at radius 2 is 1.73 bits per heavy atom. The van der Waals surface area contributed by atoms with Crippen LogP contribution in [0.2, 0.25) is 5.02 Å². The Bertz CT molecular complexity index is 1100. The van der Waals surface area contributed by atoms with Crippen LogP contribution in [0, 0.1) is 0 Å². The molecule has 0 spiro atoms. The number of benzene rings is 2. The summed E-state index contributed by atoms with van der Waals surface area (Å²) in [7, 11) is -3.76. The second-order valence-corrected chi connectivity index (χ2v) is 12.1. The van der Waals surface area contributed by atoms with E-state index in [4.69, 9.17) is 11.6 Å². The van der Waals surface area contributed by atoms with E-state index in [1.807, 2.05) is 20.8 Å². The van der Waals surface area contributed by atoms with Gasteiger partial charge in [-0.25, -0.2) is 8.42 Å². The number of nitrogens with zero attached hydrogens (tertiary/aromatic N) is 2. The molecule has 0 aliphatic heterocycles. The molecule has 10 heteroatoms. The van der Waals surface area contributed by atoms with E-state index in [9.17, 15) is 18.0 Å². The van der Waals surface area contributed by atoms with Gasteiger partial charge in [-0.3, -0.25) is 13.9 Å². The third-order valence-electron chi connectivity index (χ3n) is 4.70. The standard InChI is InChI=1S/C23H29BrClN3O4S/c1-16(22(30)26-23(2,3)4)27(14-17-7-6-8-19(25)13-17)21(29)15-28(33(5,31)32)20-11-9-18(24)10-12-20/h6-13,16H,14-15H2,1-5H3,(H,26,30)/t16-/m1/s1. The predicted octanol–water partition coefficient (Wildman–Crippen LogP) is 4.20. The van der Waals surface area contributed by atoms with Crippen LogP contribution in [-0.4, -0.2) is 49.5 Å². The second kappa shape index (κ2) is 10.9. The number of carbonyl (C=O) groups excluding carboxylic acids is 2. The molecule has 0 radical (unpaired) electrons. The zero-order valence-corrected chi connectivity index (χ0v) is 22.5. The van der Waals surface area contributed by atoms with Gasteiger partial charge in [0.15, 0.2) is 0 Å². The SMILES string of the molecule is C[C@H](C(=O)NC(C)(C)C)N(Cc1cccc(Cl)c1)C(=O)CN(c1ccc(Br)cc1)S(C)(=O)=O. The first-order valence-electron chi connectivity index (χ1n) is 10.3. The van der Waals surface area contributed by atoms with Gasteiger partial charge in [-0.15, -0.1) is 0 Å². The molecule has 0 aromatic heterocycles. The Hall–Kier alpha value is -2.10. The van der Waals surface area contributed by atoms with Gasteiger partial charge < -0.3 is 10.2 Å². The van der Waals surface area contributed by atoms with E-state index < -0.39 is 34.1 Å². The first-order valence-corrected chi connectivity index (χ1v) is 13.3. The highest BCUT2D eigenvalue weighted by molar-refractivity contribution is 9.10. The van der Waals surface area contributed by atoms with Crippen LogP contribution in [0.5, 0.6) is 0 Å². The molecular formula is C23H29BrClN3O4S. The van der Waals surface area contributed by atoms with Gasteiger partial charge in [0.05, 0.1) is 11.9 Å². The lowest BCUT2D eigenvalue weighted by Gasteiger charge is -2.33. The maximum atomic E-state index is 13.4. The lowest BCUT2D eigenvalue weighted by Crippen LogP contribution is -2.54. The van der Waals surface area contributed by atoms with Crippen LogP contribution in [0.4, 0.5) is 5.69 Å². The first-order chi connectivity index (χ1) is 15.2. The molecule has 1 atom stereocenters. The van der Waals surface area contributed by atoms with E-state index in [0.29, 0.717) is 10.7 Å². The summed E-state index contributed by atoms with van der Waals surface area (Å²) >= 11 is 9.42. The second-order valence-electron chi connectivity index (χ2n) is 8.81. The Labute approximate surface area is 209 Å². The van der Waals surface area contributed by atoms with Crippen molar-refractivity contribution in [3.8, 4) is 0 Å². The van der Waals surface area contributed by atoms with Gasteiger partial charge in [0.1, 0.15) is 12.6 Å². The van der Waals surface area contributed by atoms with Crippen molar-refractivity contribution >= 4 is 55.1 Å². The number of anilines is 1. The van der Waals surface area contributed by atoms with Crippen molar-refractivity contribution in [1.82, 2.24) is 10.2 Å². The fourth-order valence-electron chi connectivity index (χ4n) is 3.11. The summed E-state index contributed by atoms with van der Waals surface area (Å²) in [6.07, 6.45) is 1.04. The lowest BCUT2D eigenvalue weighted by atomic mass is 10.1. The first kappa shape index (κ1) is 27.1. The molecule has 33 heavy (non-hydrogen) atoms. The van der Waals surface area contributed by atoms with Crippen LogP contribution < -0.4 is 9.62 Å². The summed E-state index contributed by atoms with van der Waals surface area (Å²) in [6, 6.07) is 12.7. The van der Waals surface area contributed by atoms with Gasteiger partial charge in [0.25, 0.3) is 0 Å². The summed E-state index contributed by atoms with van der Waals surface area (Å²) in [4.78, 5) is 27.7. The van der Waals surface area contributed by atoms with Gasteiger partial charge in [-0.2, -0.15) is 0 Å². The summed E-state index contributed by atoms with van der Waals surface area (Å²) in [6.45, 7) is 6.80. The van der Waals surface area contributed by atoms with E-state index in [-0.39, 0.29) is 12.5 Å². The maximum Gasteiger partial charge on any atom is 0.244 e. The fourth-order valence-corrected chi connectivity index (χ4v) is 4.44. The molecule has 0 fully saturated rings. The Kier molecular flexibility index (Phi) is 8.95. The minimum atomic E-state index is -3.76. The molecule has 0 saturated carbocycles. The number of halogens is 2. The highest BCUT2D eigenvalue weighted by atomic mass is 79.9. The zero-order valence-electron chi connectivity index (χ0n) is 19.3. The van der Waals surface area contributed by atoms with Crippen LogP contribution >= 0.6 is 27.5 Å². The lowest BCUT2D eigenvalue weighted by molar-refractivity contribution is -0.140. The van der Waals surface area contributed by atoms with Crippen LogP contribution in [0.1, 0.15) is 33.3 Å². The van der Waals surface area contributed by atoms with Gasteiger partial charge in [-0.05, 0) is 69.7 Å². The molecule has 1 N–H and O–H groups in total. The number of carbonyl (C=O) groups is 2. The molecule has 0 aliphatic rings. The monoisotopic (exact) mass is 557 g/mol. The van der Waals surface area contributed by atoms with Crippen LogP contribution in [0.3, 0.4) is 0 Å². The number of hydrogen-bond donors (Lipinski definition) is 1. The highest BCUT2D eigenvalue weighted by Crippen LogP contribution is 2.22. The van der Waals surface area contributed by atoms with Crippen LogP contribution in [-0.2, 0) is 26.2 Å². The molecule has 0 saturated heterocycles. The molecule has 2 rings (SSSR count). The van der Waals surface area contributed by atoms with Crippen molar-refractivity contribution in [3.63, 3.8) is 0 Å². The minimum absolute atomic E-state index is 0.0933. The van der Waals surface area contributed by atoms with Crippen molar-refractivity contribution in [2.24, 2.45) is 0 Å². The fraction of sp³-hybridized carbons (Fsp3) is 0.391. The van der Waals surface area contributed by atoms with Gasteiger partial charge >= 0.3 is 0 Å². The molecule has 0 heterocycles. The normalized spacial score (nSPS) is 12.7. The average Bonchev–Trinajstić information content (AvgIpc) is 2.68. The zero-order chi connectivity index (χ0) is 25.0. The van der Waals surface area contributed by atoms with Crippen molar-refractivity contribution in [1.29, 1.82) is 0 Å². The van der Waals surface area contributed by atoms with Gasteiger partial charge in [0, 0.05) is 21.6 Å². The van der Waals surface area contributed by atoms with Crippen LogP contribution in [0.15, 0.2) is 53.0 Å². The molecule has 180 valence electrons. The summed E-state index contributed by atoms with van der Waals surface area (Å²) in [5.41, 5.74) is 0.580. The molecule has 2 amide bonds. The average molecular weight is 559 g/mol. The molecule has 0 bridgehead atoms. The van der Waals surface area contributed by atoms with Crippen molar-refractivity contribution in [2.75, 3.05) is 17.1 Å². The van der Waals surface area contributed by atoms with E-state index in [1.54, 1.807) is 55.5 Å². The number of sulfonamides is 1. The third-order valence-corrected chi connectivity index (χ3v) is 6.61. The molecule has 0 unspecified atom stereocenters. The van der Waals surface area contributed by atoms with E-state index in [1.165, 1.54) is 4.90 Å². The number of hydrogen-bond acceptors (Lipinski definition) is 4. The van der Waals surface area contributed by atoms with E-state index in [2.05, 4.69) is 21.2 Å². The van der Waals surface area contributed by atoms with Crippen molar-refractivity contribution in [2.45, 2.75) is 45.8 Å². The smallest absolute Gasteiger partial charge is 0.244 e. The Morgan fingerprint density at radius 1 is 1.12 bits per heavy atom. The molecule has 2 aromatic carbocycles.